The van der Waals surface area contributed by atoms with Crippen molar-refractivity contribution in [2.75, 3.05) is 13.1 Å². The molecule has 1 aromatic rings. The average Bonchev–Trinajstić information content (AvgIpc) is 2.29. The van der Waals surface area contributed by atoms with E-state index in [-0.39, 0.29) is 12.6 Å². The van der Waals surface area contributed by atoms with Crippen molar-refractivity contribution in [1.82, 2.24) is 4.90 Å². The highest BCUT2D eigenvalue weighted by atomic mass is 16.4. The predicted molar refractivity (Wildman–Crippen MR) is 78.4 cm³/mol. The van der Waals surface area contributed by atoms with E-state index in [2.05, 4.69) is 52.8 Å². The topological polar surface area (TPSA) is 40.5 Å². The summed E-state index contributed by atoms with van der Waals surface area (Å²) in [5, 5.41) is 9.07. The molecule has 1 unspecified atom stereocenters. The van der Waals surface area contributed by atoms with Gasteiger partial charge in [-0.15, -0.1) is 0 Å². The normalized spacial score (nSPS) is 13.0. The van der Waals surface area contributed by atoms with Crippen LogP contribution < -0.4 is 0 Å². The molecule has 0 aromatic heterocycles. The van der Waals surface area contributed by atoms with Crippen molar-refractivity contribution in [3.05, 3.63) is 34.9 Å². The molecule has 0 saturated heterocycles. The van der Waals surface area contributed by atoms with E-state index in [1.165, 1.54) is 16.7 Å². The van der Waals surface area contributed by atoms with Crippen molar-refractivity contribution in [3.63, 3.8) is 0 Å². The maximum absolute atomic E-state index is 11.0. The molecule has 106 valence electrons. The number of aryl methyl sites for hydroxylation is 2. The lowest BCUT2D eigenvalue weighted by Gasteiger charge is -2.30. The second-order valence-corrected chi connectivity index (χ2v) is 5.75. The Bertz CT molecular complexity index is 440. The largest absolute Gasteiger partial charge is 0.480 e. The van der Waals surface area contributed by atoms with Crippen LogP contribution in [0.25, 0.3) is 0 Å². The minimum Gasteiger partial charge on any atom is -0.480 e. The van der Waals surface area contributed by atoms with E-state index in [1.807, 2.05) is 4.90 Å². The van der Waals surface area contributed by atoms with Gasteiger partial charge in [0.05, 0.1) is 6.54 Å². The standard InChI is InChI=1S/C16H25NO2/c1-11(2)9-17(10-16(18)19)14(5)15-8-12(3)6-7-13(15)4/h6-8,11,14H,9-10H2,1-5H3,(H,18,19). The third-order valence-electron chi connectivity index (χ3n) is 3.37. The predicted octanol–water partition coefficient (Wildman–Crippen LogP) is 3.41. The summed E-state index contributed by atoms with van der Waals surface area (Å²) in [6.07, 6.45) is 0. The molecule has 0 aliphatic carbocycles. The molecule has 0 bridgehead atoms. The van der Waals surface area contributed by atoms with Gasteiger partial charge in [-0.3, -0.25) is 9.69 Å². The summed E-state index contributed by atoms with van der Waals surface area (Å²) in [6, 6.07) is 6.48. The highest BCUT2D eigenvalue weighted by Crippen LogP contribution is 2.25. The quantitative estimate of drug-likeness (QED) is 0.855. The third-order valence-corrected chi connectivity index (χ3v) is 3.37. The number of carbonyl (C=O) groups is 1. The van der Waals surface area contributed by atoms with Gasteiger partial charge in [-0.2, -0.15) is 0 Å². The molecule has 1 rings (SSSR count). The van der Waals surface area contributed by atoms with Crippen LogP contribution in [0.4, 0.5) is 0 Å². The first-order valence-electron chi connectivity index (χ1n) is 6.84. The average molecular weight is 263 g/mol. The third kappa shape index (κ3) is 4.67. The lowest BCUT2D eigenvalue weighted by Crippen LogP contribution is -2.35. The molecule has 19 heavy (non-hydrogen) atoms. The summed E-state index contributed by atoms with van der Waals surface area (Å²) < 4.78 is 0. The fourth-order valence-electron chi connectivity index (χ4n) is 2.41. The van der Waals surface area contributed by atoms with Crippen molar-refractivity contribution in [1.29, 1.82) is 0 Å². The Kier molecular flexibility index (Phi) is 5.55. The van der Waals surface area contributed by atoms with Crippen LogP contribution in [0, 0.1) is 19.8 Å². The van der Waals surface area contributed by atoms with Gasteiger partial charge >= 0.3 is 5.97 Å². The van der Waals surface area contributed by atoms with E-state index in [9.17, 15) is 4.79 Å². The second kappa shape index (κ2) is 6.71. The minimum absolute atomic E-state index is 0.0900. The molecule has 0 spiro atoms. The van der Waals surface area contributed by atoms with Crippen molar-refractivity contribution in [2.45, 2.75) is 40.7 Å². The summed E-state index contributed by atoms with van der Waals surface area (Å²) in [6.45, 7) is 11.4. The molecule has 1 N–H and O–H groups in total. The zero-order chi connectivity index (χ0) is 14.6. The first-order valence-corrected chi connectivity index (χ1v) is 6.84. The van der Waals surface area contributed by atoms with Gasteiger partial charge in [-0.05, 0) is 37.8 Å². The van der Waals surface area contributed by atoms with Crippen LogP contribution in [0.1, 0.15) is 43.5 Å². The van der Waals surface area contributed by atoms with Gasteiger partial charge < -0.3 is 5.11 Å². The van der Waals surface area contributed by atoms with E-state index in [1.54, 1.807) is 0 Å². The van der Waals surface area contributed by atoms with E-state index >= 15 is 0 Å². The molecule has 0 amide bonds. The lowest BCUT2D eigenvalue weighted by atomic mass is 9.98. The van der Waals surface area contributed by atoms with E-state index in [0.29, 0.717) is 5.92 Å². The Hall–Kier alpha value is -1.35. The highest BCUT2D eigenvalue weighted by Gasteiger charge is 2.20. The van der Waals surface area contributed by atoms with Crippen LogP contribution in [-0.4, -0.2) is 29.1 Å². The zero-order valence-corrected chi connectivity index (χ0v) is 12.6. The molecule has 0 aliphatic rings. The van der Waals surface area contributed by atoms with Gasteiger partial charge in [0.25, 0.3) is 0 Å². The van der Waals surface area contributed by atoms with Gasteiger partial charge in [-0.1, -0.05) is 37.6 Å². The van der Waals surface area contributed by atoms with Crippen LogP contribution in [-0.2, 0) is 4.79 Å². The second-order valence-electron chi connectivity index (χ2n) is 5.75. The zero-order valence-electron chi connectivity index (χ0n) is 12.6. The SMILES string of the molecule is Cc1ccc(C)c(C(C)N(CC(=O)O)CC(C)C)c1. The summed E-state index contributed by atoms with van der Waals surface area (Å²) in [4.78, 5) is 13.1. The number of nitrogens with zero attached hydrogens (tertiary/aromatic N) is 1. The first kappa shape index (κ1) is 15.7. The summed E-state index contributed by atoms with van der Waals surface area (Å²) in [5.74, 6) is -0.315. The smallest absolute Gasteiger partial charge is 0.317 e. The number of aliphatic carboxylic acids is 1. The van der Waals surface area contributed by atoms with Gasteiger partial charge in [0, 0.05) is 12.6 Å². The maximum Gasteiger partial charge on any atom is 0.317 e. The van der Waals surface area contributed by atoms with Crippen molar-refractivity contribution < 1.29 is 9.90 Å². The molecule has 3 heteroatoms. The molecule has 1 atom stereocenters. The Morgan fingerprint density at radius 3 is 2.42 bits per heavy atom. The Labute approximate surface area is 116 Å². The molecule has 3 nitrogen and oxygen atoms in total. The van der Waals surface area contributed by atoms with Crippen LogP contribution in [0.5, 0.6) is 0 Å². The monoisotopic (exact) mass is 263 g/mol. The van der Waals surface area contributed by atoms with Crippen molar-refractivity contribution in [2.24, 2.45) is 5.92 Å². The summed E-state index contributed by atoms with van der Waals surface area (Å²) in [5.41, 5.74) is 3.66. The number of carboxylic acid groups (broad SMARTS) is 1. The Morgan fingerprint density at radius 2 is 1.89 bits per heavy atom. The first-order chi connectivity index (χ1) is 8.81. The van der Waals surface area contributed by atoms with Gasteiger partial charge in [0.1, 0.15) is 0 Å². The van der Waals surface area contributed by atoms with Crippen LogP contribution in [0.15, 0.2) is 18.2 Å². The molecular weight excluding hydrogens is 238 g/mol. The van der Waals surface area contributed by atoms with E-state index in [0.717, 1.165) is 6.54 Å². The molecule has 0 heterocycles. The highest BCUT2D eigenvalue weighted by molar-refractivity contribution is 5.69. The van der Waals surface area contributed by atoms with Crippen LogP contribution in [0.2, 0.25) is 0 Å². The number of rotatable bonds is 6. The summed E-state index contributed by atoms with van der Waals surface area (Å²) in [7, 11) is 0. The molecule has 0 saturated carbocycles. The lowest BCUT2D eigenvalue weighted by molar-refractivity contribution is -0.139. The number of benzene rings is 1. The van der Waals surface area contributed by atoms with Crippen molar-refractivity contribution >= 4 is 5.97 Å². The Morgan fingerprint density at radius 1 is 1.26 bits per heavy atom. The molecule has 0 fully saturated rings. The molecular formula is C16H25NO2. The molecule has 0 aliphatic heterocycles. The number of carboxylic acids is 1. The van der Waals surface area contributed by atoms with E-state index < -0.39 is 5.97 Å². The fourth-order valence-corrected chi connectivity index (χ4v) is 2.41. The maximum atomic E-state index is 11.0. The summed E-state index contributed by atoms with van der Waals surface area (Å²) >= 11 is 0. The number of hydrogen-bond acceptors (Lipinski definition) is 2. The Balaban J connectivity index is 3.00. The molecule has 1 aromatic carbocycles. The van der Waals surface area contributed by atoms with Crippen LogP contribution in [0.3, 0.4) is 0 Å². The van der Waals surface area contributed by atoms with Gasteiger partial charge in [0.15, 0.2) is 0 Å². The van der Waals surface area contributed by atoms with Gasteiger partial charge in [0.2, 0.25) is 0 Å². The van der Waals surface area contributed by atoms with Gasteiger partial charge in [-0.25, -0.2) is 0 Å². The van der Waals surface area contributed by atoms with Crippen molar-refractivity contribution in [3.8, 4) is 0 Å². The van der Waals surface area contributed by atoms with Crippen LogP contribution >= 0.6 is 0 Å². The van der Waals surface area contributed by atoms with E-state index in [4.69, 9.17) is 5.11 Å². The molecule has 0 radical (unpaired) electrons. The number of hydrogen-bond donors (Lipinski definition) is 1. The fraction of sp³-hybridized carbons (Fsp3) is 0.562. The minimum atomic E-state index is -0.766.